The molecule has 1 aliphatic heterocycles. The molecule has 0 aromatic carbocycles. The van der Waals surface area contributed by atoms with Gasteiger partial charge in [0.2, 0.25) is 0 Å². The molecule has 4 atom stereocenters. The minimum atomic E-state index is -1.35. The molecule has 0 aliphatic carbocycles. The van der Waals surface area contributed by atoms with Crippen molar-refractivity contribution in [2.75, 3.05) is 70.8 Å². The molecule has 1 aliphatic rings. The van der Waals surface area contributed by atoms with Crippen molar-refractivity contribution in [1.29, 1.82) is 0 Å². The van der Waals surface area contributed by atoms with Crippen molar-refractivity contribution < 1.29 is 0 Å². The third kappa shape index (κ3) is 7.30. The van der Waals surface area contributed by atoms with E-state index in [0.29, 0.717) is 0 Å². The molecule has 0 aromatic rings. The molecular formula is C17H39P5. The van der Waals surface area contributed by atoms with Crippen LogP contribution in [0.2, 0.25) is 0 Å². The Balaban J connectivity index is 3.11. The summed E-state index contributed by atoms with van der Waals surface area (Å²) in [6, 6.07) is 0. The van der Waals surface area contributed by atoms with Gasteiger partial charge in [0.15, 0.2) is 0 Å². The first kappa shape index (κ1) is 21.8. The van der Waals surface area contributed by atoms with Crippen molar-refractivity contribution in [3.05, 3.63) is 0 Å². The Morgan fingerprint density at radius 1 is 0.955 bits per heavy atom. The predicted octanol–water partition coefficient (Wildman–Crippen LogP) is 6.37. The van der Waals surface area contributed by atoms with Crippen molar-refractivity contribution in [2.24, 2.45) is 11.8 Å². The quantitative estimate of drug-likeness (QED) is 0.355. The van der Waals surface area contributed by atoms with Crippen molar-refractivity contribution in [2.45, 2.75) is 13.8 Å². The molecule has 0 bridgehead atoms. The zero-order chi connectivity index (χ0) is 17.1. The Hall–Kier alpha value is 1.71. The van der Waals surface area contributed by atoms with E-state index in [4.69, 9.17) is 0 Å². The summed E-state index contributed by atoms with van der Waals surface area (Å²) in [5.41, 5.74) is 7.55. The molecule has 1 heterocycles. The van der Waals surface area contributed by atoms with Gasteiger partial charge in [-0.25, -0.2) is 0 Å². The van der Waals surface area contributed by atoms with Crippen LogP contribution in [0.4, 0.5) is 0 Å². The molecule has 5 heteroatoms. The van der Waals surface area contributed by atoms with Crippen LogP contribution in [0, 0.1) is 23.2 Å². The molecular weight excluding hydrogens is 359 g/mol. The normalized spacial score (nSPS) is 38.8. The predicted molar refractivity (Wildman–Crippen MR) is 124 cm³/mol. The Bertz CT molecular complexity index is 419. The summed E-state index contributed by atoms with van der Waals surface area (Å²) in [6.45, 7) is 21.9. The Morgan fingerprint density at radius 3 is 2.09 bits per heavy atom. The monoisotopic (exact) mass is 398 g/mol. The van der Waals surface area contributed by atoms with Gasteiger partial charge in [0.1, 0.15) is 0 Å². The van der Waals surface area contributed by atoms with Crippen LogP contribution < -0.4 is 0 Å². The van der Waals surface area contributed by atoms with E-state index in [0.717, 1.165) is 11.8 Å². The third-order valence-electron chi connectivity index (χ3n) is 5.00. The van der Waals surface area contributed by atoms with Crippen molar-refractivity contribution >= 4 is 37.7 Å². The van der Waals surface area contributed by atoms with E-state index >= 15 is 0 Å². The third-order valence-corrected chi connectivity index (χ3v) is 26.9. The van der Waals surface area contributed by atoms with E-state index in [9.17, 15) is 0 Å². The second-order valence-corrected chi connectivity index (χ2v) is 30.3. The van der Waals surface area contributed by atoms with Crippen LogP contribution in [-0.2, 0) is 0 Å². The van der Waals surface area contributed by atoms with Crippen molar-refractivity contribution in [3.8, 4) is 11.3 Å². The number of rotatable bonds is 1. The number of hydrogen-bond acceptors (Lipinski definition) is 0. The second-order valence-electron chi connectivity index (χ2n) is 8.88. The van der Waals surface area contributed by atoms with Gasteiger partial charge in [-0.05, 0) is 0 Å². The molecule has 132 valence electrons. The van der Waals surface area contributed by atoms with Gasteiger partial charge < -0.3 is 0 Å². The molecule has 0 amide bonds. The van der Waals surface area contributed by atoms with Crippen molar-refractivity contribution in [1.82, 2.24) is 0 Å². The molecule has 4 unspecified atom stereocenters. The van der Waals surface area contributed by atoms with Crippen LogP contribution in [0.1, 0.15) is 13.8 Å². The molecule has 0 aromatic heterocycles. The standard InChI is InChI=1S/C17H39P5/c1-16(2)17-12-21(6,7)11-10-18(3)14-19(4)15-20(5)22(8,9)13-17/h16-17,21-22H,12-15H2,1-9H3. The molecule has 0 spiro atoms. The molecule has 0 radical (unpaired) electrons. The van der Waals surface area contributed by atoms with E-state index in [-0.39, 0.29) is 23.5 Å². The average Bonchev–Trinajstić information content (AvgIpc) is 2.33. The molecule has 0 N–H and O–H groups in total. The van der Waals surface area contributed by atoms with E-state index in [1.807, 2.05) is 0 Å². The summed E-state index contributed by atoms with van der Waals surface area (Å²) in [4.78, 5) is 0. The molecule has 0 fully saturated rings. The van der Waals surface area contributed by atoms with Gasteiger partial charge in [0, 0.05) is 0 Å². The van der Waals surface area contributed by atoms with E-state index < -0.39 is 14.2 Å². The first-order valence-corrected chi connectivity index (χ1v) is 21.9. The van der Waals surface area contributed by atoms with Crippen LogP contribution >= 0.6 is 37.7 Å². The van der Waals surface area contributed by atoms with Crippen molar-refractivity contribution in [3.63, 3.8) is 0 Å². The van der Waals surface area contributed by atoms with Crippen LogP contribution in [-0.4, -0.2) is 70.8 Å². The fourth-order valence-corrected chi connectivity index (χ4v) is 25.8. The zero-order valence-electron chi connectivity index (χ0n) is 16.3. The van der Waals surface area contributed by atoms with Gasteiger partial charge in [-0.1, -0.05) is 0 Å². The fourth-order valence-electron chi connectivity index (χ4n) is 3.29. The SMILES string of the molecule is CC(C)C1C[PH](C)(C)C#CP(C)CP(C)CP(C)[PH](C)(C)C1. The minimum absolute atomic E-state index is 0.0338. The summed E-state index contributed by atoms with van der Waals surface area (Å²) in [6.07, 6.45) is 2.98. The van der Waals surface area contributed by atoms with E-state index in [2.05, 4.69) is 71.8 Å². The van der Waals surface area contributed by atoms with Crippen LogP contribution in [0.5, 0.6) is 0 Å². The summed E-state index contributed by atoms with van der Waals surface area (Å²) in [5.74, 6) is 4.75. The van der Waals surface area contributed by atoms with Crippen LogP contribution in [0.25, 0.3) is 0 Å². The Kier molecular flexibility index (Phi) is 8.78. The molecule has 0 saturated heterocycles. The second kappa shape index (κ2) is 8.88. The molecule has 0 nitrogen and oxygen atoms in total. The maximum atomic E-state index is 3.82. The first-order chi connectivity index (χ1) is 9.93. The average molecular weight is 398 g/mol. The van der Waals surface area contributed by atoms with E-state index in [1.54, 1.807) is 12.1 Å². The topological polar surface area (TPSA) is 0 Å². The summed E-state index contributed by atoms with van der Waals surface area (Å²) in [5, 5.41) is 0. The summed E-state index contributed by atoms with van der Waals surface area (Å²) < 4.78 is 0. The molecule has 0 saturated carbocycles. The molecule has 1 rings (SSSR count). The fraction of sp³-hybridized carbons (Fsp3) is 0.882. The summed E-state index contributed by atoms with van der Waals surface area (Å²) >= 11 is 0. The van der Waals surface area contributed by atoms with E-state index in [1.165, 1.54) is 12.1 Å². The van der Waals surface area contributed by atoms with Gasteiger partial charge in [0.05, 0.1) is 0 Å². The van der Waals surface area contributed by atoms with Gasteiger partial charge in [0.25, 0.3) is 0 Å². The van der Waals surface area contributed by atoms with Gasteiger partial charge >= 0.3 is 145 Å². The van der Waals surface area contributed by atoms with Gasteiger partial charge in [-0.15, -0.1) is 0 Å². The first-order valence-electron chi connectivity index (χ1n) is 8.57. The number of hydrogen-bond donors (Lipinski definition) is 0. The zero-order valence-corrected chi connectivity index (χ0v) is 21.0. The Morgan fingerprint density at radius 2 is 1.55 bits per heavy atom. The maximum absolute atomic E-state index is 3.82. The molecule has 22 heavy (non-hydrogen) atoms. The van der Waals surface area contributed by atoms with Crippen LogP contribution in [0.3, 0.4) is 0 Å². The van der Waals surface area contributed by atoms with Gasteiger partial charge in [-0.3, -0.25) is 0 Å². The Labute approximate surface area is 145 Å². The summed E-state index contributed by atoms with van der Waals surface area (Å²) in [7, 11) is -0.883. The van der Waals surface area contributed by atoms with Gasteiger partial charge in [-0.2, -0.15) is 0 Å². The van der Waals surface area contributed by atoms with Crippen LogP contribution in [0.15, 0.2) is 0 Å².